The molecule has 0 aliphatic carbocycles. The van der Waals surface area contributed by atoms with Crippen molar-refractivity contribution in [3.63, 3.8) is 0 Å². The summed E-state index contributed by atoms with van der Waals surface area (Å²) in [6.07, 6.45) is 0. The number of nitrogens with two attached hydrogens (primary N) is 1. The van der Waals surface area contributed by atoms with E-state index in [0.29, 0.717) is 17.9 Å². The summed E-state index contributed by atoms with van der Waals surface area (Å²) in [5.41, 5.74) is 9.02. The molecule has 2 aromatic rings. The van der Waals surface area contributed by atoms with Gasteiger partial charge in [-0.2, -0.15) is 0 Å². The maximum Gasteiger partial charge on any atom is 0.127 e. The second kappa shape index (κ2) is 6.77. The second-order valence-corrected chi connectivity index (χ2v) is 6.24. The minimum atomic E-state index is -1.13. The summed E-state index contributed by atoms with van der Waals surface area (Å²) in [4.78, 5) is 0. The Bertz CT molecular complexity index is 628. The van der Waals surface area contributed by atoms with E-state index in [2.05, 4.69) is 0 Å². The van der Waals surface area contributed by atoms with Crippen LogP contribution in [0.1, 0.15) is 22.3 Å². The van der Waals surface area contributed by atoms with E-state index in [1.165, 1.54) is 6.07 Å². The number of hydrogen-bond acceptors (Lipinski definition) is 2. The molecule has 0 fully saturated rings. The van der Waals surface area contributed by atoms with Gasteiger partial charge in [-0.3, -0.25) is 4.21 Å². The average Bonchev–Trinajstić information content (AvgIpc) is 2.44. The third kappa shape index (κ3) is 3.74. The Kier molecular flexibility index (Phi) is 5.04. The first-order valence-corrected chi connectivity index (χ1v) is 7.96. The van der Waals surface area contributed by atoms with Crippen molar-refractivity contribution in [1.82, 2.24) is 0 Å². The molecule has 0 heterocycles. The van der Waals surface area contributed by atoms with Crippen molar-refractivity contribution in [2.45, 2.75) is 25.0 Å². The van der Waals surface area contributed by atoms with Gasteiger partial charge in [-0.25, -0.2) is 4.39 Å². The van der Waals surface area contributed by atoms with E-state index < -0.39 is 10.8 Å². The van der Waals surface area contributed by atoms with Gasteiger partial charge in [0.15, 0.2) is 0 Å². The van der Waals surface area contributed by atoms with Crippen LogP contribution in [0.25, 0.3) is 0 Å². The Morgan fingerprint density at radius 2 is 1.80 bits per heavy atom. The van der Waals surface area contributed by atoms with Crippen molar-refractivity contribution in [1.29, 1.82) is 0 Å². The van der Waals surface area contributed by atoms with Gasteiger partial charge < -0.3 is 5.73 Å². The van der Waals surface area contributed by atoms with Crippen LogP contribution in [0, 0.1) is 12.7 Å². The third-order valence-electron chi connectivity index (χ3n) is 3.24. The average molecular weight is 291 g/mol. The number of rotatable bonds is 5. The molecule has 0 amide bonds. The van der Waals surface area contributed by atoms with Crippen LogP contribution in [0.5, 0.6) is 0 Å². The van der Waals surface area contributed by atoms with Crippen molar-refractivity contribution in [2.75, 3.05) is 0 Å². The van der Waals surface area contributed by atoms with E-state index >= 15 is 0 Å². The zero-order valence-corrected chi connectivity index (χ0v) is 12.3. The van der Waals surface area contributed by atoms with E-state index in [4.69, 9.17) is 5.73 Å². The van der Waals surface area contributed by atoms with Gasteiger partial charge in [0.1, 0.15) is 5.82 Å². The molecule has 2 N–H and O–H groups in total. The molecule has 0 aliphatic heterocycles. The van der Waals surface area contributed by atoms with E-state index in [0.717, 1.165) is 16.7 Å². The predicted octanol–water partition coefficient (Wildman–Crippen LogP) is 3.04. The molecule has 4 heteroatoms. The fourth-order valence-corrected chi connectivity index (χ4v) is 3.38. The fraction of sp³-hybridized carbons (Fsp3) is 0.250. The molecule has 0 radical (unpaired) electrons. The minimum Gasteiger partial charge on any atom is -0.326 e. The highest BCUT2D eigenvalue weighted by atomic mass is 32.2. The molecule has 0 saturated heterocycles. The Morgan fingerprint density at radius 3 is 2.50 bits per heavy atom. The highest BCUT2D eigenvalue weighted by Gasteiger charge is 2.09. The smallest absolute Gasteiger partial charge is 0.127 e. The molecule has 1 unspecified atom stereocenters. The summed E-state index contributed by atoms with van der Waals surface area (Å²) in [7, 11) is -1.13. The number of hydrogen-bond donors (Lipinski definition) is 1. The van der Waals surface area contributed by atoms with Crippen LogP contribution in [0.15, 0.2) is 42.5 Å². The molecule has 0 aliphatic rings. The minimum absolute atomic E-state index is 0.216. The molecule has 1 atom stereocenters. The Morgan fingerprint density at radius 1 is 1.10 bits per heavy atom. The first kappa shape index (κ1) is 14.9. The van der Waals surface area contributed by atoms with Crippen LogP contribution in [0.2, 0.25) is 0 Å². The van der Waals surface area contributed by atoms with Crippen molar-refractivity contribution in [3.8, 4) is 0 Å². The lowest BCUT2D eigenvalue weighted by Gasteiger charge is -2.08. The van der Waals surface area contributed by atoms with E-state index in [9.17, 15) is 8.60 Å². The molecular weight excluding hydrogens is 273 g/mol. The van der Waals surface area contributed by atoms with Crippen molar-refractivity contribution in [2.24, 2.45) is 5.73 Å². The normalized spacial score (nSPS) is 12.3. The summed E-state index contributed by atoms with van der Waals surface area (Å²) in [6.45, 7) is 2.35. The van der Waals surface area contributed by atoms with Gasteiger partial charge in [0.05, 0.1) is 5.75 Å². The first-order chi connectivity index (χ1) is 9.60. The lowest BCUT2D eigenvalue weighted by Crippen LogP contribution is -2.04. The lowest BCUT2D eigenvalue weighted by molar-refractivity contribution is 0.614. The summed E-state index contributed by atoms with van der Waals surface area (Å²) in [5, 5.41) is 0. The van der Waals surface area contributed by atoms with Crippen molar-refractivity contribution in [3.05, 3.63) is 70.5 Å². The van der Waals surface area contributed by atoms with E-state index in [-0.39, 0.29) is 11.6 Å². The maximum absolute atomic E-state index is 13.7. The molecule has 2 nitrogen and oxygen atoms in total. The summed E-state index contributed by atoms with van der Waals surface area (Å²) < 4.78 is 25.9. The molecule has 0 spiro atoms. The van der Waals surface area contributed by atoms with Gasteiger partial charge >= 0.3 is 0 Å². The van der Waals surface area contributed by atoms with Crippen molar-refractivity contribution < 1.29 is 8.60 Å². The Hall–Kier alpha value is -1.52. The van der Waals surface area contributed by atoms with Crippen molar-refractivity contribution >= 4 is 10.8 Å². The highest BCUT2D eigenvalue weighted by Crippen LogP contribution is 2.16. The fourth-order valence-electron chi connectivity index (χ4n) is 2.04. The number of aryl methyl sites for hydroxylation is 1. The van der Waals surface area contributed by atoms with Crippen LogP contribution in [-0.4, -0.2) is 4.21 Å². The first-order valence-electron chi connectivity index (χ1n) is 6.47. The number of halogens is 1. The molecule has 2 rings (SSSR count). The van der Waals surface area contributed by atoms with Crippen LogP contribution >= 0.6 is 0 Å². The van der Waals surface area contributed by atoms with Crippen LogP contribution in [0.3, 0.4) is 0 Å². The monoisotopic (exact) mass is 291 g/mol. The molecule has 0 aromatic heterocycles. The quantitative estimate of drug-likeness (QED) is 0.920. The standard InChI is InChI=1S/C16H18FNOS/c1-12-4-2-3-5-14(12)10-20(19)11-15-8-13(9-18)6-7-16(15)17/h2-8H,9-11,18H2,1H3. The van der Waals surface area contributed by atoms with Gasteiger partial charge in [0.25, 0.3) is 0 Å². The molecule has 20 heavy (non-hydrogen) atoms. The summed E-state index contributed by atoms with van der Waals surface area (Å²) in [6, 6.07) is 12.6. The topological polar surface area (TPSA) is 43.1 Å². The molecule has 106 valence electrons. The van der Waals surface area contributed by atoms with Gasteiger partial charge in [-0.05, 0) is 29.7 Å². The van der Waals surface area contributed by atoms with Gasteiger partial charge in [-0.15, -0.1) is 0 Å². The Balaban J connectivity index is 2.10. The predicted molar refractivity (Wildman–Crippen MR) is 81.0 cm³/mol. The van der Waals surface area contributed by atoms with E-state index in [1.54, 1.807) is 12.1 Å². The zero-order chi connectivity index (χ0) is 14.5. The molecular formula is C16H18FNOS. The van der Waals surface area contributed by atoms with Gasteiger partial charge in [-0.1, -0.05) is 36.4 Å². The maximum atomic E-state index is 13.7. The largest absolute Gasteiger partial charge is 0.326 e. The van der Waals surface area contributed by atoms with Crippen LogP contribution in [0.4, 0.5) is 4.39 Å². The number of benzene rings is 2. The third-order valence-corrected chi connectivity index (χ3v) is 4.51. The summed E-state index contributed by atoms with van der Waals surface area (Å²) in [5.74, 6) is 0.341. The Labute approximate surface area is 121 Å². The van der Waals surface area contributed by atoms with Gasteiger partial charge in [0, 0.05) is 28.7 Å². The van der Waals surface area contributed by atoms with Crippen LogP contribution < -0.4 is 5.73 Å². The molecule has 0 bridgehead atoms. The zero-order valence-electron chi connectivity index (χ0n) is 11.4. The lowest BCUT2D eigenvalue weighted by atomic mass is 10.1. The highest BCUT2D eigenvalue weighted by molar-refractivity contribution is 7.83. The molecule has 2 aromatic carbocycles. The van der Waals surface area contributed by atoms with Crippen LogP contribution in [-0.2, 0) is 28.9 Å². The van der Waals surface area contributed by atoms with Gasteiger partial charge in [0.2, 0.25) is 0 Å². The molecule has 0 saturated carbocycles. The summed E-state index contributed by atoms with van der Waals surface area (Å²) >= 11 is 0. The second-order valence-electron chi connectivity index (χ2n) is 4.78. The SMILES string of the molecule is Cc1ccccc1CS(=O)Cc1cc(CN)ccc1F. The van der Waals surface area contributed by atoms with E-state index in [1.807, 2.05) is 31.2 Å².